The van der Waals surface area contributed by atoms with E-state index in [4.69, 9.17) is 9.72 Å². The first-order valence-electron chi connectivity index (χ1n) is 16.4. The Balaban J connectivity index is 1.07. The summed E-state index contributed by atoms with van der Waals surface area (Å²) in [6.07, 6.45) is 4.75. The highest BCUT2D eigenvalue weighted by Crippen LogP contribution is 2.35. The van der Waals surface area contributed by atoms with E-state index in [9.17, 15) is 14.0 Å². The predicted octanol–water partition coefficient (Wildman–Crippen LogP) is 7.86. The normalized spacial score (nSPS) is 18.0. The molecule has 6 rings (SSSR count). The molecule has 1 aliphatic rings. The van der Waals surface area contributed by atoms with Crippen molar-refractivity contribution in [2.24, 2.45) is 24.8 Å². The molecule has 47 heavy (non-hydrogen) atoms. The van der Waals surface area contributed by atoms with Crippen LogP contribution in [0.2, 0.25) is 0 Å². The number of ether oxygens (including phenoxy) is 1. The van der Waals surface area contributed by atoms with Crippen molar-refractivity contribution < 1.29 is 18.7 Å². The average molecular weight is 633 g/mol. The maximum absolute atomic E-state index is 13.6. The van der Waals surface area contributed by atoms with Crippen molar-refractivity contribution in [3.63, 3.8) is 0 Å². The zero-order valence-corrected chi connectivity index (χ0v) is 26.7. The van der Waals surface area contributed by atoms with Gasteiger partial charge in [0.15, 0.2) is 0 Å². The lowest BCUT2D eigenvalue weighted by molar-refractivity contribution is -0.123. The second-order valence-corrected chi connectivity index (χ2v) is 12.5. The van der Waals surface area contributed by atoms with E-state index < -0.39 is 0 Å². The van der Waals surface area contributed by atoms with Crippen molar-refractivity contribution in [3.8, 4) is 11.5 Å². The Hall–Kier alpha value is -4.82. The van der Waals surface area contributed by atoms with Crippen LogP contribution in [0.1, 0.15) is 43.5 Å². The fourth-order valence-corrected chi connectivity index (χ4v) is 6.61. The number of anilines is 1. The Bertz CT molecular complexity index is 1790. The Morgan fingerprint density at radius 3 is 2.26 bits per heavy atom. The number of aryl methyl sites for hydroxylation is 2. The van der Waals surface area contributed by atoms with Crippen LogP contribution in [0.4, 0.5) is 10.1 Å². The number of nitrogens with one attached hydrogen (secondary N) is 2. The third-order valence-corrected chi connectivity index (χ3v) is 9.24. The SMILES string of the molecule is Cn1c(CNCC(=O)C2CCC(C(=O)Nc3ccc(Oc4ccc(F)cc4)cc3)CC(CCc3ccccc3)C2)nc2ccccc21. The number of carbonyl (C=O) groups is 2. The van der Waals surface area contributed by atoms with Gasteiger partial charge in [0.1, 0.15) is 28.9 Å². The lowest BCUT2D eigenvalue weighted by Crippen LogP contribution is -2.29. The number of hydrogen-bond acceptors (Lipinski definition) is 5. The zero-order valence-electron chi connectivity index (χ0n) is 26.7. The summed E-state index contributed by atoms with van der Waals surface area (Å²) in [5.74, 6) is 1.87. The van der Waals surface area contributed by atoms with E-state index in [0.29, 0.717) is 36.6 Å². The minimum absolute atomic E-state index is 0.0185. The van der Waals surface area contributed by atoms with E-state index in [0.717, 1.165) is 42.5 Å². The first kappa shape index (κ1) is 32.1. The molecule has 1 aromatic heterocycles. The summed E-state index contributed by atoms with van der Waals surface area (Å²) in [5, 5.41) is 6.44. The molecule has 0 aliphatic heterocycles. The quantitative estimate of drug-likeness (QED) is 0.137. The van der Waals surface area contributed by atoms with Gasteiger partial charge in [-0.15, -0.1) is 0 Å². The number of hydrogen-bond donors (Lipinski definition) is 2. The number of nitrogens with zero attached hydrogens (tertiary/aromatic N) is 2. The molecule has 1 saturated carbocycles. The van der Waals surface area contributed by atoms with Gasteiger partial charge in [-0.2, -0.15) is 0 Å². The summed E-state index contributed by atoms with van der Waals surface area (Å²) < 4.78 is 21.1. The number of imidazole rings is 1. The highest BCUT2D eigenvalue weighted by atomic mass is 19.1. The summed E-state index contributed by atoms with van der Waals surface area (Å²) in [7, 11) is 2.00. The topological polar surface area (TPSA) is 85.2 Å². The van der Waals surface area contributed by atoms with Gasteiger partial charge in [0.25, 0.3) is 0 Å². The van der Waals surface area contributed by atoms with Crippen molar-refractivity contribution in [1.29, 1.82) is 0 Å². The molecule has 5 aromatic rings. The van der Waals surface area contributed by atoms with Crippen LogP contribution in [-0.4, -0.2) is 27.8 Å². The van der Waals surface area contributed by atoms with E-state index >= 15 is 0 Å². The minimum atomic E-state index is -0.321. The van der Waals surface area contributed by atoms with Gasteiger partial charge in [-0.05, 0) is 111 Å². The molecule has 1 amide bonds. The molecule has 1 heterocycles. The summed E-state index contributed by atoms with van der Waals surface area (Å²) in [6, 6.07) is 31.4. The number of halogens is 1. The molecule has 3 unspecified atom stereocenters. The number of para-hydroxylation sites is 2. The van der Waals surface area contributed by atoms with Gasteiger partial charge in [0, 0.05) is 24.6 Å². The molecule has 242 valence electrons. The van der Waals surface area contributed by atoms with Crippen LogP contribution in [0.15, 0.2) is 103 Å². The Kier molecular flexibility index (Phi) is 10.4. The van der Waals surface area contributed by atoms with Gasteiger partial charge in [0.05, 0.1) is 24.1 Å². The largest absolute Gasteiger partial charge is 0.457 e. The smallest absolute Gasteiger partial charge is 0.227 e. The first-order valence-corrected chi connectivity index (χ1v) is 16.4. The van der Waals surface area contributed by atoms with Crippen LogP contribution >= 0.6 is 0 Å². The highest BCUT2D eigenvalue weighted by Gasteiger charge is 2.32. The number of carbonyl (C=O) groups excluding carboxylic acids is 2. The molecule has 8 heteroatoms. The van der Waals surface area contributed by atoms with E-state index in [1.54, 1.807) is 24.3 Å². The fraction of sp³-hybridized carbons (Fsp3) is 0.308. The molecule has 0 spiro atoms. The van der Waals surface area contributed by atoms with Gasteiger partial charge in [-0.3, -0.25) is 9.59 Å². The second-order valence-electron chi connectivity index (χ2n) is 12.5. The van der Waals surface area contributed by atoms with Crippen molar-refractivity contribution in [2.75, 3.05) is 11.9 Å². The number of Topliss-reactive ketones (excluding diaryl/α,β-unsaturated/α-hetero) is 1. The number of fused-ring (bicyclic) bond motifs is 1. The van der Waals surface area contributed by atoms with Crippen molar-refractivity contribution in [2.45, 2.75) is 45.1 Å². The summed E-state index contributed by atoms with van der Waals surface area (Å²) in [5.41, 5.74) is 3.97. The average Bonchev–Trinajstić information content (AvgIpc) is 3.25. The monoisotopic (exact) mass is 632 g/mol. The molecule has 1 fully saturated rings. The van der Waals surface area contributed by atoms with Crippen LogP contribution in [0, 0.1) is 23.6 Å². The number of amides is 1. The van der Waals surface area contributed by atoms with Crippen molar-refractivity contribution in [3.05, 3.63) is 120 Å². The first-order chi connectivity index (χ1) is 22.9. The summed E-state index contributed by atoms with van der Waals surface area (Å²) in [4.78, 5) is 31.8. The standard InChI is InChI=1S/C39H41FN4O3/c1-44-36-10-6-5-9-35(36)43-38(44)26-41-25-37(45)29-13-14-30(24-28(23-29)12-11-27-7-3-2-4-8-27)39(46)42-32-17-21-34(22-18-32)47-33-19-15-31(40)16-20-33/h2-10,15-22,28-30,41H,11-14,23-26H2,1H3,(H,42,46). The van der Waals surface area contributed by atoms with Crippen LogP contribution in [0.3, 0.4) is 0 Å². The molecule has 2 N–H and O–H groups in total. The number of rotatable bonds is 12. The molecule has 4 aromatic carbocycles. The molecule has 0 radical (unpaired) electrons. The third-order valence-electron chi connectivity index (χ3n) is 9.24. The number of benzene rings is 4. The Morgan fingerprint density at radius 1 is 0.851 bits per heavy atom. The minimum Gasteiger partial charge on any atom is -0.457 e. The lowest BCUT2D eigenvalue weighted by Gasteiger charge is -2.21. The van der Waals surface area contributed by atoms with Gasteiger partial charge in [-0.25, -0.2) is 9.37 Å². The number of ketones is 1. The van der Waals surface area contributed by atoms with E-state index in [2.05, 4.69) is 39.5 Å². The molecular formula is C39H41FN4O3. The van der Waals surface area contributed by atoms with Gasteiger partial charge in [0.2, 0.25) is 5.91 Å². The van der Waals surface area contributed by atoms with E-state index in [-0.39, 0.29) is 41.8 Å². The maximum Gasteiger partial charge on any atom is 0.227 e. The van der Waals surface area contributed by atoms with Crippen LogP contribution in [-0.2, 0) is 29.6 Å². The van der Waals surface area contributed by atoms with Gasteiger partial charge in [-0.1, -0.05) is 42.5 Å². The molecule has 0 bridgehead atoms. The zero-order chi connectivity index (χ0) is 32.6. The second kappa shape index (κ2) is 15.2. The Morgan fingerprint density at radius 2 is 1.51 bits per heavy atom. The van der Waals surface area contributed by atoms with E-state index in [1.165, 1.54) is 17.7 Å². The van der Waals surface area contributed by atoms with E-state index in [1.807, 2.05) is 49.5 Å². The summed E-state index contributed by atoms with van der Waals surface area (Å²) >= 11 is 0. The number of aromatic nitrogens is 2. The maximum atomic E-state index is 13.6. The molecular weight excluding hydrogens is 591 g/mol. The van der Waals surface area contributed by atoms with Crippen molar-refractivity contribution >= 4 is 28.4 Å². The molecule has 1 aliphatic carbocycles. The summed E-state index contributed by atoms with van der Waals surface area (Å²) in [6.45, 7) is 0.794. The van der Waals surface area contributed by atoms with Crippen LogP contribution in [0.25, 0.3) is 11.0 Å². The van der Waals surface area contributed by atoms with Crippen LogP contribution < -0.4 is 15.4 Å². The predicted molar refractivity (Wildman–Crippen MR) is 183 cm³/mol. The third kappa shape index (κ3) is 8.51. The fourth-order valence-electron chi connectivity index (χ4n) is 6.61. The highest BCUT2D eigenvalue weighted by molar-refractivity contribution is 5.92. The lowest BCUT2D eigenvalue weighted by atomic mass is 9.85. The van der Waals surface area contributed by atoms with Gasteiger partial charge < -0.3 is 19.9 Å². The van der Waals surface area contributed by atoms with Crippen LogP contribution in [0.5, 0.6) is 11.5 Å². The molecule has 0 saturated heterocycles. The molecule has 3 atom stereocenters. The van der Waals surface area contributed by atoms with Gasteiger partial charge >= 0.3 is 0 Å². The molecule has 7 nitrogen and oxygen atoms in total. The Labute approximate surface area is 275 Å². The van der Waals surface area contributed by atoms with Crippen molar-refractivity contribution in [1.82, 2.24) is 14.9 Å².